The average molecular weight is 975 g/mol. The van der Waals surface area contributed by atoms with Gasteiger partial charge in [0.1, 0.15) is 6.04 Å². The van der Waals surface area contributed by atoms with Crippen molar-refractivity contribution in [3.05, 3.63) is 0 Å². The van der Waals surface area contributed by atoms with E-state index in [9.17, 15) is 47.9 Å². The SMILES string of the molecule is CCCC(NC(=O)[C@@H]1CC2(CN1C)SCCCS2)C(=O)C(=O)NCC(=O)N[C@@H](C)C(=O)O.CCCC(NC(=O)[C@@H]1CC2(CN1C)SCCCS2)C(=O)C(=O)NCC(=O)N[C@@H](C)C(C)=O. The van der Waals surface area contributed by atoms with Gasteiger partial charge in [0.2, 0.25) is 35.2 Å². The van der Waals surface area contributed by atoms with Crippen molar-refractivity contribution < 1.29 is 53.1 Å². The zero-order chi connectivity index (χ0) is 47.8. The minimum atomic E-state index is -1.21. The first kappa shape index (κ1) is 55.0. The standard InChI is InChI=1S/C21H34N4O5S2.C20H32N4O6S2/c1-5-7-15(18(28)20(30)22-11-17(27)23-13(2)14(3)26)24-19(29)16-10-21(12-25(16)4)31-8-6-9-32-21;1-4-6-13(16(26)18(28)21-10-15(25)22-12(2)19(29)30)23-17(27)14-9-20(11-24(14)3)31-7-5-8-32-20/h13,15-16H,5-12H2,1-4H3,(H,22,30)(H,23,27)(H,24,29);12-14H,4-11H2,1-3H3,(H,21,28)(H,22,25)(H,23,27)(H,29,30)/t13-,15?,16-;12-,13?,14-/m00/s1. The normalized spacial score (nSPS) is 22.0. The van der Waals surface area contributed by atoms with Gasteiger partial charge in [-0.25, -0.2) is 0 Å². The van der Waals surface area contributed by atoms with Crippen molar-refractivity contribution in [2.24, 2.45) is 0 Å². The smallest absolute Gasteiger partial charge is 0.325 e. The van der Waals surface area contributed by atoms with E-state index in [2.05, 4.69) is 31.9 Å². The number of carboxylic acid groups (broad SMARTS) is 1. The maximum absolute atomic E-state index is 13.0. The Bertz CT molecular complexity index is 1610. The number of carbonyl (C=O) groups excluding carboxylic acids is 9. The van der Waals surface area contributed by atoms with Crippen LogP contribution >= 0.6 is 47.0 Å². The molecule has 0 bridgehead atoms. The molecule has 2 spiro atoms. The number of nitrogens with one attached hydrogen (secondary N) is 6. The van der Waals surface area contributed by atoms with Gasteiger partial charge in [-0.3, -0.25) is 57.7 Å². The number of Topliss-reactive ketones (excluding diaryl/α,β-unsaturated/α-hetero) is 3. The molecule has 0 aromatic rings. The van der Waals surface area contributed by atoms with Gasteiger partial charge in [0, 0.05) is 13.1 Å². The van der Waals surface area contributed by atoms with Crippen LogP contribution in [0, 0.1) is 0 Å². The number of aliphatic carboxylic acids is 1. The minimum absolute atomic E-state index is 0.00288. The molecule has 360 valence electrons. The van der Waals surface area contributed by atoms with Crippen LogP contribution in [0.4, 0.5) is 0 Å². The van der Waals surface area contributed by atoms with E-state index in [1.165, 1.54) is 27.2 Å². The zero-order valence-corrected chi connectivity index (χ0v) is 41.1. The number of carboxylic acids is 1. The second-order valence-corrected chi connectivity index (χ2v) is 22.9. The zero-order valence-electron chi connectivity index (χ0n) is 37.8. The molecule has 7 N–H and O–H groups in total. The highest BCUT2D eigenvalue weighted by molar-refractivity contribution is 8.19. The second kappa shape index (κ2) is 26.1. The van der Waals surface area contributed by atoms with E-state index in [0.717, 1.165) is 42.5 Å². The lowest BCUT2D eigenvalue weighted by molar-refractivity contribution is -0.142. The largest absolute Gasteiger partial charge is 0.480 e. The van der Waals surface area contributed by atoms with E-state index in [-0.39, 0.29) is 37.8 Å². The molecule has 0 aromatic carbocycles. The predicted octanol–water partition coefficient (Wildman–Crippen LogP) is 0.137. The van der Waals surface area contributed by atoms with Crippen LogP contribution in [0.3, 0.4) is 0 Å². The molecular formula is C41H66N8O11S4. The molecule has 23 heteroatoms. The van der Waals surface area contributed by atoms with Gasteiger partial charge in [-0.1, -0.05) is 26.7 Å². The average Bonchev–Trinajstić information content (AvgIpc) is 3.75. The van der Waals surface area contributed by atoms with Crippen molar-refractivity contribution in [2.45, 2.75) is 130 Å². The highest BCUT2D eigenvalue weighted by atomic mass is 32.2. The summed E-state index contributed by atoms with van der Waals surface area (Å²) in [6.45, 7) is 8.53. The van der Waals surface area contributed by atoms with E-state index >= 15 is 0 Å². The van der Waals surface area contributed by atoms with Crippen LogP contribution in [-0.2, 0) is 47.9 Å². The maximum atomic E-state index is 13.0. The van der Waals surface area contributed by atoms with Crippen molar-refractivity contribution in [2.75, 3.05) is 63.3 Å². The van der Waals surface area contributed by atoms with Gasteiger partial charge in [-0.05, 0) is 96.4 Å². The molecule has 6 amide bonds. The molecule has 4 aliphatic heterocycles. The highest BCUT2D eigenvalue weighted by Crippen LogP contribution is 2.51. The summed E-state index contributed by atoms with van der Waals surface area (Å²) >= 11 is 7.59. The fraction of sp³-hybridized carbons (Fsp3) is 0.756. The van der Waals surface area contributed by atoms with Gasteiger partial charge in [-0.2, -0.15) is 0 Å². The Morgan fingerprint density at radius 1 is 0.609 bits per heavy atom. The highest BCUT2D eigenvalue weighted by Gasteiger charge is 2.49. The third-order valence-electron chi connectivity index (χ3n) is 11.1. The van der Waals surface area contributed by atoms with Crippen LogP contribution in [0.15, 0.2) is 0 Å². The number of nitrogens with zero attached hydrogens (tertiary/aromatic N) is 2. The van der Waals surface area contributed by atoms with E-state index in [0.29, 0.717) is 38.5 Å². The molecule has 0 aliphatic carbocycles. The molecule has 4 fully saturated rings. The topological polar surface area (TPSA) is 270 Å². The van der Waals surface area contributed by atoms with Crippen LogP contribution in [0.5, 0.6) is 0 Å². The van der Waals surface area contributed by atoms with Crippen molar-refractivity contribution in [3.63, 3.8) is 0 Å². The van der Waals surface area contributed by atoms with Crippen molar-refractivity contribution in [1.29, 1.82) is 0 Å². The van der Waals surface area contributed by atoms with E-state index < -0.39 is 78.4 Å². The van der Waals surface area contributed by atoms with Crippen LogP contribution in [0.2, 0.25) is 0 Å². The lowest BCUT2D eigenvalue weighted by atomic mass is 10.1. The molecule has 0 saturated carbocycles. The number of amides is 6. The summed E-state index contributed by atoms with van der Waals surface area (Å²) in [5.74, 6) is -2.42. The Morgan fingerprint density at radius 2 is 0.969 bits per heavy atom. The number of hydrogen-bond acceptors (Lipinski definition) is 16. The van der Waals surface area contributed by atoms with Crippen LogP contribution in [0.1, 0.15) is 86.0 Å². The van der Waals surface area contributed by atoms with Crippen molar-refractivity contribution >= 4 is 106 Å². The molecular weight excluding hydrogens is 909 g/mol. The first-order valence-electron chi connectivity index (χ1n) is 21.7. The molecule has 4 rings (SSSR count). The van der Waals surface area contributed by atoms with E-state index in [1.54, 1.807) is 0 Å². The lowest BCUT2D eigenvalue weighted by Crippen LogP contribution is -2.53. The van der Waals surface area contributed by atoms with Gasteiger partial charge < -0.3 is 37.0 Å². The molecule has 6 atom stereocenters. The predicted molar refractivity (Wildman–Crippen MR) is 250 cm³/mol. The molecule has 19 nitrogen and oxygen atoms in total. The second-order valence-electron chi connectivity index (χ2n) is 16.5. The summed E-state index contributed by atoms with van der Waals surface area (Å²) in [5, 5.41) is 23.4. The summed E-state index contributed by atoms with van der Waals surface area (Å²) in [6.07, 6.45) is 5.54. The van der Waals surface area contributed by atoms with Crippen LogP contribution < -0.4 is 31.9 Å². The van der Waals surface area contributed by atoms with Gasteiger partial charge in [0.15, 0.2) is 5.78 Å². The number of rotatable bonds is 20. The molecule has 4 saturated heterocycles. The number of thioether (sulfide) groups is 4. The summed E-state index contributed by atoms with van der Waals surface area (Å²) in [5.41, 5.74) is 0. The third-order valence-corrected chi connectivity index (χ3v) is 17.8. The van der Waals surface area contributed by atoms with Gasteiger partial charge in [-0.15, -0.1) is 47.0 Å². The quantitative estimate of drug-likeness (QED) is 0.0800. The Kier molecular flexibility index (Phi) is 22.4. The number of carbonyl (C=O) groups is 10. The monoisotopic (exact) mass is 974 g/mol. The maximum Gasteiger partial charge on any atom is 0.325 e. The summed E-state index contributed by atoms with van der Waals surface area (Å²) < 4.78 is 0.0120. The van der Waals surface area contributed by atoms with Crippen molar-refractivity contribution in [1.82, 2.24) is 41.7 Å². The number of hydrogen-bond donors (Lipinski definition) is 7. The Balaban J connectivity index is 0.000000340. The lowest BCUT2D eigenvalue weighted by Gasteiger charge is -2.31. The van der Waals surface area contributed by atoms with Crippen molar-refractivity contribution in [3.8, 4) is 0 Å². The van der Waals surface area contributed by atoms with E-state index in [1.807, 2.05) is 84.8 Å². The number of likely N-dealkylation sites (N-methyl/N-ethyl adjacent to an activating group) is 2. The Labute approximate surface area is 392 Å². The van der Waals surface area contributed by atoms with Gasteiger partial charge in [0.05, 0.1) is 51.5 Å². The molecule has 2 unspecified atom stereocenters. The Morgan fingerprint density at radius 3 is 1.30 bits per heavy atom. The first-order valence-corrected chi connectivity index (χ1v) is 25.6. The van der Waals surface area contributed by atoms with Gasteiger partial charge in [0.25, 0.3) is 11.8 Å². The number of likely N-dealkylation sites (tertiary alicyclic amines) is 2. The fourth-order valence-corrected chi connectivity index (χ4v) is 14.4. The molecule has 4 aliphatic rings. The van der Waals surface area contributed by atoms with E-state index in [4.69, 9.17) is 5.11 Å². The first-order chi connectivity index (χ1) is 30.2. The molecule has 0 aromatic heterocycles. The summed E-state index contributed by atoms with van der Waals surface area (Å²) in [7, 11) is 3.81. The van der Waals surface area contributed by atoms with Crippen LogP contribution in [-0.4, -0.2) is 181 Å². The third kappa shape index (κ3) is 16.5. The van der Waals surface area contributed by atoms with Gasteiger partial charge >= 0.3 is 5.97 Å². The fourth-order valence-electron chi connectivity index (χ4n) is 7.46. The molecule has 4 heterocycles. The molecule has 0 radical (unpaired) electrons. The summed E-state index contributed by atoms with van der Waals surface area (Å²) in [6, 6.07) is -4.42. The summed E-state index contributed by atoms with van der Waals surface area (Å²) in [4.78, 5) is 125. The number of ketones is 3. The molecule has 64 heavy (non-hydrogen) atoms. The van der Waals surface area contributed by atoms with Crippen LogP contribution in [0.25, 0.3) is 0 Å². The Hall–Kier alpha value is -3.38. The minimum Gasteiger partial charge on any atom is -0.480 e.